The van der Waals surface area contributed by atoms with Gasteiger partial charge >= 0.3 is 18.0 Å². The Morgan fingerprint density at radius 2 is 1.40 bits per heavy atom. The molecule has 14 nitrogen and oxygen atoms in total. The molecule has 1 atom stereocenters. The minimum absolute atomic E-state index is 0.0184. The SMILES string of the molecule is COC(=O)c1cc(Cl)nc2c(Cl)ncnc12.COC(=O)c1cc(Cl)nc2c(N[C@@H]3CN(C(=O)OC(C)(C)C)CC(F)(F)C3)ncnc12. The number of ether oxygens (including phenoxy) is 3. The van der Waals surface area contributed by atoms with Crippen LogP contribution in [0.1, 0.15) is 47.9 Å². The van der Waals surface area contributed by atoms with Gasteiger partial charge in [-0.2, -0.15) is 0 Å². The van der Waals surface area contributed by atoms with E-state index < -0.39 is 48.6 Å². The van der Waals surface area contributed by atoms with Gasteiger partial charge in [-0.1, -0.05) is 34.8 Å². The van der Waals surface area contributed by atoms with Crippen molar-refractivity contribution in [2.75, 3.05) is 32.6 Å². The van der Waals surface area contributed by atoms with Crippen molar-refractivity contribution in [3.05, 3.63) is 51.4 Å². The third-order valence-corrected chi connectivity index (χ3v) is 6.95. The molecule has 1 N–H and O–H groups in total. The maximum absolute atomic E-state index is 14.4. The van der Waals surface area contributed by atoms with Crippen molar-refractivity contribution in [3.8, 4) is 0 Å². The van der Waals surface area contributed by atoms with Crippen LogP contribution in [-0.4, -0.2) is 97.7 Å². The number of halogens is 5. The van der Waals surface area contributed by atoms with Crippen molar-refractivity contribution < 1.29 is 37.4 Å². The zero-order valence-corrected chi connectivity index (χ0v) is 27.7. The molecule has 19 heteroatoms. The summed E-state index contributed by atoms with van der Waals surface area (Å²) >= 11 is 17.6. The average Bonchev–Trinajstić information content (AvgIpc) is 2.99. The Morgan fingerprint density at radius 1 is 0.872 bits per heavy atom. The van der Waals surface area contributed by atoms with Crippen LogP contribution in [0.5, 0.6) is 0 Å². The summed E-state index contributed by atoms with van der Waals surface area (Å²) in [5.74, 6) is -4.27. The molecule has 4 aromatic rings. The number of rotatable bonds is 4. The van der Waals surface area contributed by atoms with E-state index in [0.717, 1.165) is 4.90 Å². The lowest BCUT2D eigenvalue weighted by atomic mass is 10.0. The Bertz CT molecular complexity index is 1850. The van der Waals surface area contributed by atoms with E-state index in [1.165, 1.54) is 39.0 Å². The lowest BCUT2D eigenvalue weighted by molar-refractivity contribution is -0.0722. The van der Waals surface area contributed by atoms with Crippen LogP contribution in [0.15, 0.2) is 24.8 Å². The summed E-state index contributed by atoms with van der Waals surface area (Å²) in [7, 11) is 2.48. The number of amides is 1. The second-order valence-electron chi connectivity index (χ2n) is 11.0. The number of alkyl halides is 2. The first-order valence-corrected chi connectivity index (χ1v) is 14.7. The number of pyridine rings is 2. The van der Waals surface area contributed by atoms with Crippen molar-refractivity contribution in [1.82, 2.24) is 34.8 Å². The molecule has 1 aliphatic heterocycles. The molecule has 1 fully saturated rings. The molecule has 1 saturated heterocycles. The van der Waals surface area contributed by atoms with E-state index in [1.807, 2.05) is 0 Å². The molecule has 0 unspecified atom stereocenters. The van der Waals surface area contributed by atoms with Crippen LogP contribution in [0.25, 0.3) is 22.1 Å². The molecule has 1 amide bonds. The number of piperidine rings is 1. The van der Waals surface area contributed by atoms with E-state index in [2.05, 4.69) is 40.0 Å². The molecule has 47 heavy (non-hydrogen) atoms. The maximum atomic E-state index is 14.4. The number of carbonyl (C=O) groups excluding carboxylic acids is 3. The number of esters is 2. The maximum Gasteiger partial charge on any atom is 0.410 e. The second-order valence-corrected chi connectivity index (χ2v) is 12.1. The average molecular weight is 716 g/mol. The van der Waals surface area contributed by atoms with Gasteiger partial charge in [-0.15, -0.1) is 0 Å². The number of anilines is 1. The fourth-order valence-corrected chi connectivity index (χ4v) is 5.04. The van der Waals surface area contributed by atoms with Crippen molar-refractivity contribution in [2.45, 2.75) is 44.8 Å². The highest BCUT2D eigenvalue weighted by Gasteiger charge is 2.43. The number of methoxy groups -OCH3 is 2. The Balaban J connectivity index is 0.000000261. The predicted octanol–water partition coefficient (Wildman–Crippen LogP) is 5.64. The summed E-state index contributed by atoms with van der Waals surface area (Å²) < 4.78 is 43.3. The normalized spacial score (nSPS) is 15.8. The molecule has 0 aliphatic carbocycles. The molecule has 4 aromatic heterocycles. The molecule has 0 saturated carbocycles. The number of carbonyl (C=O) groups is 3. The number of nitrogens with one attached hydrogen (secondary N) is 1. The van der Waals surface area contributed by atoms with E-state index in [9.17, 15) is 23.2 Å². The molecule has 5 heterocycles. The smallest absolute Gasteiger partial charge is 0.410 e. The number of likely N-dealkylation sites (tertiary alicyclic amines) is 1. The van der Waals surface area contributed by atoms with Gasteiger partial charge in [-0.25, -0.2) is 53.1 Å². The third kappa shape index (κ3) is 8.75. The van der Waals surface area contributed by atoms with Crippen molar-refractivity contribution in [3.63, 3.8) is 0 Å². The van der Waals surface area contributed by atoms with E-state index >= 15 is 0 Å². The van der Waals surface area contributed by atoms with Gasteiger partial charge < -0.3 is 24.4 Å². The molecular weight excluding hydrogens is 689 g/mol. The second kappa shape index (κ2) is 14.2. The summed E-state index contributed by atoms with van der Waals surface area (Å²) in [5, 5.41) is 3.13. The van der Waals surface area contributed by atoms with Gasteiger partial charge in [0.1, 0.15) is 50.6 Å². The van der Waals surface area contributed by atoms with Crippen molar-refractivity contribution in [1.29, 1.82) is 0 Å². The van der Waals surface area contributed by atoms with Gasteiger partial charge in [0.2, 0.25) is 0 Å². The fraction of sp³-hybridized carbons (Fsp3) is 0.393. The molecule has 250 valence electrons. The van der Waals surface area contributed by atoms with E-state index in [4.69, 9.17) is 44.3 Å². The first kappa shape index (κ1) is 35.6. The highest BCUT2D eigenvalue weighted by Crippen LogP contribution is 2.31. The van der Waals surface area contributed by atoms with Gasteiger partial charge in [0.25, 0.3) is 5.92 Å². The van der Waals surface area contributed by atoms with Crippen LogP contribution in [0.3, 0.4) is 0 Å². The Kier molecular flexibility index (Phi) is 10.8. The van der Waals surface area contributed by atoms with Crippen LogP contribution < -0.4 is 5.32 Å². The monoisotopic (exact) mass is 714 g/mol. The Labute approximate surface area is 281 Å². The predicted molar refractivity (Wildman–Crippen MR) is 167 cm³/mol. The molecule has 1 aliphatic rings. The lowest BCUT2D eigenvalue weighted by Gasteiger charge is -2.38. The quantitative estimate of drug-likeness (QED) is 0.119. The number of aromatic nitrogens is 6. The summed E-state index contributed by atoms with van der Waals surface area (Å²) in [4.78, 5) is 60.7. The molecule has 5 rings (SSSR count). The highest BCUT2D eigenvalue weighted by atomic mass is 35.5. The minimum Gasteiger partial charge on any atom is -0.465 e. The first-order valence-electron chi connectivity index (χ1n) is 13.6. The number of hydrogen-bond acceptors (Lipinski definition) is 13. The van der Waals surface area contributed by atoms with Crippen LogP contribution in [0.2, 0.25) is 15.5 Å². The summed E-state index contributed by atoms with van der Waals surface area (Å²) in [5.41, 5.74) is 0.316. The standard InChI is InChI=1S/C19H22ClF2N5O4.C9H5Cl2N3O2/c1-18(2,3)31-17(29)27-7-10(6-19(21,22)8-27)25-15-14-13(23-9-24-15)11(16(28)30-4)5-12(20)26-14;1-16-9(15)4-2-5(10)14-7-6(4)12-3-13-8(7)11/h5,9-10H,6-8H2,1-4H3,(H,23,24,25);2-3H,1H3/t10-;/m0./s1. The summed E-state index contributed by atoms with van der Waals surface area (Å²) in [6.07, 6.45) is 1.04. The zero-order valence-electron chi connectivity index (χ0n) is 25.5. The molecule has 0 aromatic carbocycles. The summed E-state index contributed by atoms with van der Waals surface area (Å²) in [6.45, 7) is 4.18. The first-order chi connectivity index (χ1) is 22.0. The lowest BCUT2D eigenvalue weighted by Crippen LogP contribution is -2.54. The van der Waals surface area contributed by atoms with Crippen molar-refractivity contribution in [2.24, 2.45) is 0 Å². The molecule has 0 bridgehead atoms. The van der Waals surface area contributed by atoms with Crippen LogP contribution in [0.4, 0.5) is 19.4 Å². The van der Waals surface area contributed by atoms with Crippen LogP contribution in [-0.2, 0) is 14.2 Å². The van der Waals surface area contributed by atoms with Crippen LogP contribution >= 0.6 is 34.8 Å². The topological polar surface area (TPSA) is 172 Å². The number of hydrogen-bond donors (Lipinski definition) is 1. The highest BCUT2D eigenvalue weighted by molar-refractivity contribution is 6.35. The summed E-state index contributed by atoms with van der Waals surface area (Å²) in [6, 6.07) is 1.81. The van der Waals surface area contributed by atoms with E-state index in [0.29, 0.717) is 5.52 Å². The molecule has 0 radical (unpaired) electrons. The van der Waals surface area contributed by atoms with Gasteiger partial charge in [0.15, 0.2) is 11.0 Å². The number of fused-ring (bicyclic) bond motifs is 2. The Morgan fingerprint density at radius 3 is 1.96 bits per heavy atom. The van der Waals surface area contributed by atoms with Gasteiger partial charge in [-0.3, -0.25) is 0 Å². The number of nitrogens with zero attached hydrogens (tertiary/aromatic N) is 7. The fourth-order valence-electron chi connectivity index (χ4n) is 4.48. The van der Waals surface area contributed by atoms with Crippen molar-refractivity contribution >= 4 is 80.7 Å². The molecule has 0 spiro atoms. The third-order valence-electron chi connectivity index (χ3n) is 6.29. The van der Waals surface area contributed by atoms with Gasteiger partial charge in [0.05, 0.1) is 37.9 Å². The largest absolute Gasteiger partial charge is 0.465 e. The zero-order chi connectivity index (χ0) is 34.7. The minimum atomic E-state index is -3.14. The Hall–Kier alpha value is -4.28. The van der Waals surface area contributed by atoms with Crippen LogP contribution in [0, 0.1) is 0 Å². The van der Waals surface area contributed by atoms with Gasteiger partial charge in [0, 0.05) is 13.0 Å². The van der Waals surface area contributed by atoms with Gasteiger partial charge in [-0.05, 0) is 32.9 Å². The molecular formula is C28H27Cl3F2N8O6. The van der Waals surface area contributed by atoms with E-state index in [1.54, 1.807) is 20.8 Å². The van der Waals surface area contributed by atoms with E-state index in [-0.39, 0.29) is 55.5 Å².